The Balaban J connectivity index is 1.96. The Labute approximate surface area is 96.5 Å². The number of nitrogens with one attached hydrogen (secondary N) is 3. The molecular formula is C10H12BrN3O. The summed E-state index contributed by atoms with van der Waals surface area (Å²) in [6.07, 6.45) is 0.822. The van der Waals surface area contributed by atoms with Gasteiger partial charge in [0.25, 0.3) is 0 Å². The molecule has 0 aliphatic carbocycles. The largest absolute Gasteiger partial charge is 0.325 e. The van der Waals surface area contributed by atoms with Crippen molar-refractivity contribution >= 4 is 27.5 Å². The van der Waals surface area contributed by atoms with E-state index >= 15 is 0 Å². The molecule has 0 bridgehead atoms. The van der Waals surface area contributed by atoms with Crippen molar-refractivity contribution < 1.29 is 4.79 Å². The lowest BCUT2D eigenvalue weighted by Crippen LogP contribution is -2.39. The molecule has 2 rings (SSSR count). The molecular weight excluding hydrogens is 258 g/mol. The van der Waals surface area contributed by atoms with E-state index in [9.17, 15) is 4.79 Å². The summed E-state index contributed by atoms with van der Waals surface area (Å²) in [6.45, 7) is 0.832. The fourth-order valence-electron chi connectivity index (χ4n) is 1.44. The summed E-state index contributed by atoms with van der Waals surface area (Å²) < 4.78 is 1.00. The predicted octanol–water partition coefficient (Wildman–Crippen LogP) is 1.25. The zero-order valence-corrected chi connectivity index (χ0v) is 9.67. The molecule has 3 N–H and O–H groups in total. The van der Waals surface area contributed by atoms with Crippen LogP contribution in [0.2, 0.25) is 0 Å². The molecule has 1 saturated heterocycles. The molecule has 5 heteroatoms. The third-order valence-corrected chi connectivity index (χ3v) is 2.79. The molecule has 1 fully saturated rings. The predicted molar refractivity (Wildman–Crippen MR) is 62.3 cm³/mol. The van der Waals surface area contributed by atoms with Crippen LogP contribution in [0.15, 0.2) is 28.7 Å². The molecule has 0 aromatic heterocycles. The number of rotatable bonds is 2. The lowest BCUT2D eigenvalue weighted by Gasteiger charge is -2.10. The van der Waals surface area contributed by atoms with E-state index in [0.29, 0.717) is 0 Å². The van der Waals surface area contributed by atoms with Crippen LogP contribution in [0.3, 0.4) is 0 Å². The van der Waals surface area contributed by atoms with Gasteiger partial charge in [-0.05, 0) is 30.7 Å². The van der Waals surface area contributed by atoms with Crippen LogP contribution in [-0.4, -0.2) is 18.5 Å². The first-order valence-electron chi connectivity index (χ1n) is 4.80. The van der Waals surface area contributed by atoms with Crippen molar-refractivity contribution in [3.63, 3.8) is 0 Å². The summed E-state index contributed by atoms with van der Waals surface area (Å²) in [6, 6.07) is 7.40. The van der Waals surface area contributed by atoms with Crippen molar-refractivity contribution in [3.05, 3.63) is 28.7 Å². The summed E-state index contributed by atoms with van der Waals surface area (Å²) in [5.41, 5.74) is 6.66. The molecule has 0 radical (unpaired) electrons. The molecule has 1 atom stereocenters. The zero-order chi connectivity index (χ0) is 10.7. The van der Waals surface area contributed by atoms with Gasteiger partial charge in [0.2, 0.25) is 5.91 Å². The van der Waals surface area contributed by atoms with Gasteiger partial charge in [-0.3, -0.25) is 10.2 Å². The number of hydrogen-bond donors (Lipinski definition) is 3. The van der Waals surface area contributed by atoms with E-state index in [2.05, 4.69) is 32.1 Å². The van der Waals surface area contributed by atoms with E-state index in [1.807, 2.05) is 24.3 Å². The SMILES string of the molecule is O=C(Nc1ccc(Br)cc1)C1CCNN1. The fourth-order valence-corrected chi connectivity index (χ4v) is 1.71. The van der Waals surface area contributed by atoms with Crippen LogP contribution in [0.4, 0.5) is 5.69 Å². The number of anilines is 1. The van der Waals surface area contributed by atoms with Crippen molar-refractivity contribution in [1.29, 1.82) is 0 Å². The Morgan fingerprint density at radius 3 is 2.73 bits per heavy atom. The van der Waals surface area contributed by atoms with E-state index in [1.54, 1.807) is 0 Å². The quantitative estimate of drug-likeness (QED) is 0.758. The summed E-state index contributed by atoms with van der Waals surface area (Å²) >= 11 is 3.34. The Bertz CT molecular complexity index is 346. The van der Waals surface area contributed by atoms with E-state index in [0.717, 1.165) is 23.1 Å². The maximum Gasteiger partial charge on any atom is 0.242 e. The number of hydrazine groups is 1. The van der Waals surface area contributed by atoms with Gasteiger partial charge in [-0.15, -0.1) is 0 Å². The van der Waals surface area contributed by atoms with Gasteiger partial charge < -0.3 is 5.32 Å². The van der Waals surface area contributed by atoms with Crippen LogP contribution in [0, 0.1) is 0 Å². The van der Waals surface area contributed by atoms with Crippen LogP contribution in [0.5, 0.6) is 0 Å². The molecule has 0 saturated carbocycles. The molecule has 1 aliphatic heterocycles. The van der Waals surface area contributed by atoms with Gasteiger partial charge in [0.1, 0.15) is 6.04 Å². The standard InChI is InChI=1S/C10H12BrN3O/c11-7-1-3-8(4-2-7)13-10(15)9-5-6-12-14-9/h1-4,9,12,14H,5-6H2,(H,13,15). The summed E-state index contributed by atoms with van der Waals surface area (Å²) in [7, 11) is 0. The van der Waals surface area contributed by atoms with Gasteiger partial charge in [0.15, 0.2) is 0 Å². The number of benzene rings is 1. The highest BCUT2D eigenvalue weighted by molar-refractivity contribution is 9.10. The highest BCUT2D eigenvalue weighted by Gasteiger charge is 2.21. The first-order valence-corrected chi connectivity index (χ1v) is 5.60. The number of amides is 1. The molecule has 1 heterocycles. The first-order chi connectivity index (χ1) is 7.25. The lowest BCUT2D eigenvalue weighted by molar-refractivity contribution is -0.117. The number of carbonyl (C=O) groups excluding carboxylic acids is 1. The van der Waals surface area contributed by atoms with Crippen LogP contribution in [0.1, 0.15) is 6.42 Å². The Morgan fingerprint density at radius 1 is 1.40 bits per heavy atom. The van der Waals surface area contributed by atoms with Crippen LogP contribution in [0.25, 0.3) is 0 Å². The van der Waals surface area contributed by atoms with E-state index in [-0.39, 0.29) is 11.9 Å². The molecule has 4 nitrogen and oxygen atoms in total. The number of halogens is 1. The van der Waals surface area contributed by atoms with Gasteiger partial charge in [-0.25, -0.2) is 5.43 Å². The zero-order valence-electron chi connectivity index (χ0n) is 8.09. The van der Waals surface area contributed by atoms with Crippen molar-refractivity contribution in [2.45, 2.75) is 12.5 Å². The molecule has 0 spiro atoms. The highest BCUT2D eigenvalue weighted by atomic mass is 79.9. The smallest absolute Gasteiger partial charge is 0.242 e. The van der Waals surface area contributed by atoms with Crippen molar-refractivity contribution in [1.82, 2.24) is 10.9 Å². The number of carbonyl (C=O) groups is 1. The Kier molecular flexibility index (Phi) is 3.35. The molecule has 15 heavy (non-hydrogen) atoms. The highest BCUT2D eigenvalue weighted by Crippen LogP contribution is 2.14. The molecule has 1 aromatic carbocycles. The molecule has 1 amide bonds. The maximum atomic E-state index is 11.7. The minimum absolute atomic E-state index is 0.00215. The van der Waals surface area contributed by atoms with Gasteiger partial charge >= 0.3 is 0 Å². The minimum Gasteiger partial charge on any atom is -0.325 e. The lowest BCUT2D eigenvalue weighted by atomic mass is 10.2. The molecule has 1 unspecified atom stereocenters. The minimum atomic E-state index is -0.131. The van der Waals surface area contributed by atoms with Gasteiger partial charge in [0, 0.05) is 16.7 Å². The average Bonchev–Trinajstić information content (AvgIpc) is 2.74. The summed E-state index contributed by atoms with van der Waals surface area (Å²) in [5.74, 6) is 0.00215. The van der Waals surface area contributed by atoms with Crippen molar-refractivity contribution in [2.75, 3.05) is 11.9 Å². The van der Waals surface area contributed by atoms with Crippen LogP contribution < -0.4 is 16.2 Å². The average molecular weight is 270 g/mol. The summed E-state index contributed by atoms with van der Waals surface area (Å²) in [4.78, 5) is 11.7. The molecule has 1 aromatic rings. The normalized spacial score (nSPS) is 20.2. The molecule has 1 aliphatic rings. The van der Waals surface area contributed by atoms with Crippen molar-refractivity contribution in [3.8, 4) is 0 Å². The first kappa shape index (κ1) is 10.6. The van der Waals surface area contributed by atoms with Crippen LogP contribution in [-0.2, 0) is 4.79 Å². The second kappa shape index (κ2) is 4.74. The third kappa shape index (κ3) is 2.77. The maximum absolute atomic E-state index is 11.7. The van der Waals surface area contributed by atoms with Gasteiger partial charge in [-0.1, -0.05) is 15.9 Å². The third-order valence-electron chi connectivity index (χ3n) is 2.26. The second-order valence-corrected chi connectivity index (χ2v) is 4.32. The topological polar surface area (TPSA) is 53.2 Å². The second-order valence-electron chi connectivity index (χ2n) is 3.41. The Morgan fingerprint density at radius 2 is 2.13 bits per heavy atom. The van der Waals surface area contributed by atoms with E-state index in [1.165, 1.54) is 0 Å². The van der Waals surface area contributed by atoms with Gasteiger partial charge in [-0.2, -0.15) is 0 Å². The Hall–Kier alpha value is -0.910. The summed E-state index contributed by atoms with van der Waals surface area (Å²) in [5, 5.41) is 2.85. The molecule has 80 valence electrons. The van der Waals surface area contributed by atoms with E-state index < -0.39 is 0 Å². The van der Waals surface area contributed by atoms with Crippen molar-refractivity contribution in [2.24, 2.45) is 0 Å². The fraction of sp³-hybridized carbons (Fsp3) is 0.300. The number of hydrogen-bond acceptors (Lipinski definition) is 3. The monoisotopic (exact) mass is 269 g/mol. The van der Waals surface area contributed by atoms with Crippen LogP contribution >= 0.6 is 15.9 Å². The van der Waals surface area contributed by atoms with E-state index in [4.69, 9.17) is 0 Å². The van der Waals surface area contributed by atoms with Gasteiger partial charge in [0.05, 0.1) is 0 Å².